The van der Waals surface area contributed by atoms with Crippen LogP contribution in [0.2, 0.25) is 0 Å². The normalized spacial score (nSPS) is 16.6. The first-order valence-corrected chi connectivity index (χ1v) is 10.3. The van der Waals surface area contributed by atoms with Crippen LogP contribution in [0.5, 0.6) is 0 Å². The molecule has 0 saturated carbocycles. The van der Waals surface area contributed by atoms with Crippen LogP contribution in [-0.4, -0.2) is 38.7 Å². The van der Waals surface area contributed by atoms with Gasteiger partial charge in [0.1, 0.15) is 17.5 Å². The SMILES string of the molecule is CC[C@@H](c1ccc(F)cc1)n1cc(CNc2nc(C)c3c(n2)N(C)[C@@H](C)C(=O)N3)cn1. The van der Waals surface area contributed by atoms with Crippen molar-refractivity contribution in [2.24, 2.45) is 0 Å². The number of nitrogens with one attached hydrogen (secondary N) is 2. The predicted octanol–water partition coefficient (Wildman–Crippen LogP) is 3.51. The van der Waals surface area contributed by atoms with Crippen molar-refractivity contribution in [3.05, 3.63) is 59.3 Å². The summed E-state index contributed by atoms with van der Waals surface area (Å²) in [5.41, 5.74) is 3.35. The van der Waals surface area contributed by atoms with Gasteiger partial charge in [0.2, 0.25) is 11.9 Å². The number of aromatic nitrogens is 4. The number of halogens is 1. The summed E-state index contributed by atoms with van der Waals surface area (Å²) >= 11 is 0. The lowest BCUT2D eigenvalue weighted by Gasteiger charge is -2.32. The van der Waals surface area contributed by atoms with Crippen molar-refractivity contribution >= 4 is 23.4 Å². The molecule has 162 valence electrons. The maximum absolute atomic E-state index is 13.3. The summed E-state index contributed by atoms with van der Waals surface area (Å²) in [6.45, 7) is 6.27. The highest BCUT2D eigenvalue weighted by Gasteiger charge is 2.30. The smallest absolute Gasteiger partial charge is 0.246 e. The highest BCUT2D eigenvalue weighted by atomic mass is 19.1. The van der Waals surface area contributed by atoms with Gasteiger partial charge in [-0.1, -0.05) is 19.1 Å². The summed E-state index contributed by atoms with van der Waals surface area (Å²) in [6, 6.07) is 6.27. The molecule has 2 N–H and O–H groups in total. The molecule has 1 aromatic carbocycles. The van der Waals surface area contributed by atoms with E-state index in [2.05, 4.69) is 32.6 Å². The summed E-state index contributed by atoms with van der Waals surface area (Å²) in [6.07, 6.45) is 4.62. The van der Waals surface area contributed by atoms with Crippen molar-refractivity contribution < 1.29 is 9.18 Å². The molecule has 0 aliphatic carbocycles. The first-order chi connectivity index (χ1) is 14.9. The fraction of sp³-hybridized carbons (Fsp3) is 0.364. The lowest BCUT2D eigenvalue weighted by Crippen LogP contribution is -2.44. The number of likely N-dealkylation sites (N-methyl/N-ethyl adjacent to an activating group) is 1. The maximum atomic E-state index is 13.3. The third-order valence-corrected chi connectivity index (χ3v) is 5.68. The molecule has 3 heterocycles. The molecule has 0 spiro atoms. The Morgan fingerprint density at radius 3 is 2.71 bits per heavy atom. The van der Waals surface area contributed by atoms with E-state index in [1.54, 1.807) is 18.3 Å². The standard InChI is InChI=1S/C22H26FN7O/c1-5-18(16-6-8-17(23)9-7-16)30-12-15(11-25-30)10-24-22-26-13(2)19-20(28-22)29(4)14(3)21(31)27-19/h6-9,11-12,14,18H,5,10H2,1-4H3,(H,27,31)(H,24,26,28)/t14-,18-/m0/s1. The first kappa shape index (κ1) is 20.8. The van der Waals surface area contributed by atoms with Gasteiger partial charge in [-0.3, -0.25) is 9.48 Å². The molecule has 2 aromatic heterocycles. The van der Waals surface area contributed by atoms with Gasteiger partial charge in [-0.2, -0.15) is 10.1 Å². The zero-order valence-corrected chi connectivity index (χ0v) is 18.1. The number of fused-ring (bicyclic) bond motifs is 1. The van der Waals surface area contributed by atoms with Gasteiger partial charge >= 0.3 is 0 Å². The molecule has 1 amide bonds. The zero-order chi connectivity index (χ0) is 22.1. The first-order valence-electron chi connectivity index (χ1n) is 10.3. The Kier molecular flexibility index (Phi) is 5.58. The monoisotopic (exact) mass is 423 g/mol. The van der Waals surface area contributed by atoms with Gasteiger partial charge < -0.3 is 15.5 Å². The Bertz CT molecular complexity index is 1100. The molecule has 2 atom stereocenters. The van der Waals surface area contributed by atoms with Gasteiger partial charge in [0.05, 0.1) is 17.9 Å². The fourth-order valence-electron chi connectivity index (χ4n) is 3.71. The van der Waals surface area contributed by atoms with Crippen molar-refractivity contribution in [3.8, 4) is 0 Å². The predicted molar refractivity (Wildman–Crippen MR) is 118 cm³/mol. The van der Waals surface area contributed by atoms with Crippen LogP contribution in [0.15, 0.2) is 36.7 Å². The number of nitrogens with zero attached hydrogens (tertiary/aromatic N) is 5. The number of carbonyl (C=O) groups is 1. The van der Waals surface area contributed by atoms with E-state index in [1.807, 2.05) is 36.7 Å². The van der Waals surface area contributed by atoms with Crippen LogP contribution in [0, 0.1) is 12.7 Å². The number of benzene rings is 1. The average Bonchev–Trinajstić information content (AvgIpc) is 3.22. The number of rotatable bonds is 6. The molecule has 9 heteroatoms. The molecule has 31 heavy (non-hydrogen) atoms. The van der Waals surface area contributed by atoms with Crippen LogP contribution in [0.3, 0.4) is 0 Å². The number of anilines is 3. The molecule has 0 bridgehead atoms. The number of hydrogen-bond donors (Lipinski definition) is 2. The van der Waals surface area contributed by atoms with Crippen LogP contribution in [-0.2, 0) is 11.3 Å². The van der Waals surface area contributed by atoms with Crippen LogP contribution in [0.25, 0.3) is 0 Å². The Morgan fingerprint density at radius 1 is 1.26 bits per heavy atom. The van der Waals surface area contributed by atoms with E-state index in [-0.39, 0.29) is 23.8 Å². The molecule has 0 unspecified atom stereocenters. The second-order valence-electron chi connectivity index (χ2n) is 7.77. The molecule has 4 rings (SSSR count). The Labute approximate surface area is 180 Å². The lowest BCUT2D eigenvalue weighted by atomic mass is 10.0. The van der Waals surface area contributed by atoms with Crippen molar-refractivity contribution in [1.29, 1.82) is 0 Å². The highest BCUT2D eigenvalue weighted by molar-refractivity contribution is 6.03. The van der Waals surface area contributed by atoms with E-state index in [0.29, 0.717) is 29.7 Å². The van der Waals surface area contributed by atoms with Crippen molar-refractivity contribution in [2.75, 3.05) is 22.6 Å². The third kappa shape index (κ3) is 4.08. The number of hydrogen-bond acceptors (Lipinski definition) is 6. The Balaban J connectivity index is 1.49. The molecular formula is C22H26FN7O. The van der Waals surface area contributed by atoms with Crippen molar-refractivity contribution in [3.63, 3.8) is 0 Å². The van der Waals surface area contributed by atoms with E-state index >= 15 is 0 Å². The van der Waals surface area contributed by atoms with E-state index in [1.165, 1.54) is 12.1 Å². The topological polar surface area (TPSA) is 88.0 Å². The number of aryl methyl sites for hydroxylation is 1. The molecule has 8 nitrogen and oxygen atoms in total. The number of amides is 1. The second kappa shape index (κ2) is 8.33. The molecule has 0 radical (unpaired) electrons. The molecule has 0 saturated heterocycles. The summed E-state index contributed by atoms with van der Waals surface area (Å²) in [5, 5.41) is 10.6. The largest absolute Gasteiger partial charge is 0.350 e. The van der Waals surface area contributed by atoms with E-state index in [0.717, 1.165) is 17.5 Å². The van der Waals surface area contributed by atoms with Gasteiger partial charge in [0.15, 0.2) is 5.82 Å². The summed E-state index contributed by atoms with van der Waals surface area (Å²) in [7, 11) is 1.85. The van der Waals surface area contributed by atoms with Gasteiger partial charge in [0.25, 0.3) is 0 Å². The second-order valence-corrected chi connectivity index (χ2v) is 7.77. The Morgan fingerprint density at radius 2 is 2.00 bits per heavy atom. The van der Waals surface area contributed by atoms with Crippen molar-refractivity contribution in [1.82, 2.24) is 19.7 Å². The number of carbonyl (C=O) groups excluding carboxylic acids is 1. The third-order valence-electron chi connectivity index (χ3n) is 5.68. The summed E-state index contributed by atoms with van der Waals surface area (Å²) < 4.78 is 15.2. The summed E-state index contributed by atoms with van der Waals surface area (Å²) in [4.78, 5) is 23.0. The fourth-order valence-corrected chi connectivity index (χ4v) is 3.71. The maximum Gasteiger partial charge on any atom is 0.246 e. The van der Waals surface area contributed by atoms with Crippen LogP contribution in [0.1, 0.15) is 43.1 Å². The van der Waals surface area contributed by atoms with E-state index < -0.39 is 0 Å². The minimum absolute atomic E-state index is 0.0373. The van der Waals surface area contributed by atoms with Gasteiger partial charge in [-0.05, 0) is 38.0 Å². The highest BCUT2D eigenvalue weighted by Crippen LogP contribution is 2.32. The van der Waals surface area contributed by atoms with Gasteiger partial charge in [0, 0.05) is 25.4 Å². The zero-order valence-electron chi connectivity index (χ0n) is 18.1. The average molecular weight is 423 g/mol. The van der Waals surface area contributed by atoms with E-state index in [4.69, 9.17) is 0 Å². The van der Waals surface area contributed by atoms with Gasteiger partial charge in [-0.25, -0.2) is 9.37 Å². The summed E-state index contributed by atoms with van der Waals surface area (Å²) in [5.74, 6) is 0.871. The minimum atomic E-state index is -0.301. The van der Waals surface area contributed by atoms with Crippen LogP contribution in [0.4, 0.5) is 21.8 Å². The molecular weight excluding hydrogens is 397 g/mol. The quantitative estimate of drug-likeness (QED) is 0.631. The molecule has 1 aliphatic heterocycles. The van der Waals surface area contributed by atoms with Crippen LogP contribution >= 0.6 is 0 Å². The van der Waals surface area contributed by atoms with E-state index in [9.17, 15) is 9.18 Å². The molecule has 0 fully saturated rings. The van der Waals surface area contributed by atoms with Crippen LogP contribution < -0.4 is 15.5 Å². The molecule has 3 aromatic rings. The lowest BCUT2D eigenvalue weighted by molar-refractivity contribution is -0.117. The minimum Gasteiger partial charge on any atom is -0.350 e. The molecule has 1 aliphatic rings. The van der Waals surface area contributed by atoms with Gasteiger partial charge in [-0.15, -0.1) is 0 Å². The Hall–Kier alpha value is -3.49. The van der Waals surface area contributed by atoms with Crippen molar-refractivity contribution in [2.45, 2.75) is 45.8 Å².